The summed E-state index contributed by atoms with van der Waals surface area (Å²) in [5.74, 6) is 0.842. The second kappa shape index (κ2) is 4.45. The van der Waals surface area contributed by atoms with Crippen molar-refractivity contribution in [3.63, 3.8) is 0 Å². The van der Waals surface area contributed by atoms with Gasteiger partial charge in [-0.05, 0) is 37.1 Å². The molecule has 0 N–H and O–H groups in total. The minimum absolute atomic E-state index is 0.0788. The average Bonchev–Trinajstić information content (AvgIpc) is 2.82. The van der Waals surface area contributed by atoms with E-state index in [1.165, 1.54) is 0 Å². The Kier molecular flexibility index (Phi) is 3.02. The van der Waals surface area contributed by atoms with Gasteiger partial charge in [0, 0.05) is 12.2 Å². The lowest BCUT2D eigenvalue weighted by molar-refractivity contribution is 0.0643. The highest BCUT2D eigenvalue weighted by molar-refractivity contribution is 5.99. The van der Waals surface area contributed by atoms with Crippen LogP contribution in [0, 0.1) is 0 Å². The van der Waals surface area contributed by atoms with Gasteiger partial charge in [-0.2, -0.15) is 0 Å². The molecule has 1 atom stereocenters. The molecule has 0 radical (unpaired) electrons. The molecule has 1 aliphatic rings. The molecule has 1 aromatic rings. The first-order chi connectivity index (χ1) is 7.31. The first-order valence-electron chi connectivity index (χ1n) is 5.11. The molecule has 1 aliphatic heterocycles. The fraction of sp³-hybridized carbons (Fsp3) is 0.417. The van der Waals surface area contributed by atoms with E-state index < -0.39 is 0 Å². The van der Waals surface area contributed by atoms with E-state index in [-0.39, 0.29) is 11.9 Å². The van der Waals surface area contributed by atoms with Crippen LogP contribution in [0.25, 0.3) is 0 Å². The maximum absolute atomic E-state index is 11.9. The van der Waals surface area contributed by atoms with Crippen LogP contribution in [-0.4, -0.2) is 25.6 Å². The highest BCUT2D eigenvalue weighted by Gasteiger charge is 2.24. The molecular weight excluding hydrogens is 192 g/mol. The first kappa shape index (κ1) is 10.2. The van der Waals surface area contributed by atoms with Crippen molar-refractivity contribution in [1.82, 2.24) is 0 Å². The molecule has 0 saturated carbocycles. The first-order valence-corrected chi connectivity index (χ1v) is 5.11. The summed E-state index contributed by atoms with van der Waals surface area (Å²) in [5, 5.41) is 0. The third-order valence-electron chi connectivity index (χ3n) is 2.60. The van der Waals surface area contributed by atoms with Gasteiger partial charge in [0.1, 0.15) is 11.9 Å². The number of ether oxygens (including phenoxy) is 2. The van der Waals surface area contributed by atoms with Crippen LogP contribution in [0.2, 0.25) is 0 Å². The van der Waals surface area contributed by atoms with E-state index in [1.54, 1.807) is 31.4 Å². The highest BCUT2D eigenvalue weighted by atomic mass is 16.5. The standard InChI is InChI=1S/C12H14O3/c1-14-10-6-4-9(5-7-10)12(13)11-3-2-8-15-11/h4-7,11H,2-3,8H2,1H3/t11-/m0/s1. The SMILES string of the molecule is COc1ccc(C(=O)[C@@H]2CCCO2)cc1. The van der Waals surface area contributed by atoms with Crippen molar-refractivity contribution in [2.24, 2.45) is 0 Å². The number of hydrogen-bond donors (Lipinski definition) is 0. The fourth-order valence-corrected chi connectivity index (χ4v) is 1.73. The topological polar surface area (TPSA) is 35.5 Å². The van der Waals surface area contributed by atoms with Gasteiger partial charge in [0.05, 0.1) is 7.11 Å². The number of hydrogen-bond acceptors (Lipinski definition) is 3. The fourth-order valence-electron chi connectivity index (χ4n) is 1.73. The van der Waals surface area contributed by atoms with Gasteiger partial charge in [0.15, 0.2) is 5.78 Å². The summed E-state index contributed by atoms with van der Waals surface area (Å²) < 4.78 is 10.4. The van der Waals surface area contributed by atoms with Crippen LogP contribution >= 0.6 is 0 Å². The molecule has 1 fully saturated rings. The summed E-state index contributed by atoms with van der Waals surface area (Å²) in [6, 6.07) is 7.15. The zero-order valence-corrected chi connectivity index (χ0v) is 8.73. The number of benzene rings is 1. The van der Waals surface area contributed by atoms with Crippen molar-refractivity contribution in [2.75, 3.05) is 13.7 Å². The summed E-state index contributed by atoms with van der Waals surface area (Å²) in [6.45, 7) is 0.701. The zero-order chi connectivity index (χ0) is 10.7. The Morgan fingerprint density at radius 2 is 2.13 bits per heavy atom. The second-order valence-corrected chi connectivity index (χ2v) is 3.59. The molecule has 0 aliphatic carbocycles. The number of Topliss-reactive ketones (excluding diaryl/α,β-unsaturated/α-hetero) is 1. The third-order valence-corrected chi connectivity index (χ3v) is 2.60. The quantitative estimate of drug-likeness (QED) is 0.710. The molecular formula is C12H14O3. The summed E-state index contributed by atoms with van der Waals surface area (Å²) in [4.78, 5) is 11.9. The van der Waals surface area contributed by atoms with Gasteiger partial charge < -0.3 is 9.47 Å². The molecule has 0 amide bonds. The average molecular weight is 206 g/mol. The molecule has 1 saturated heterocycles. The number of ketones is 1. The largest absolute Gasteiger partial charge is 0.497 e. The lowest BCUT2D eigenvalue weighted by atomic mass is 10.0. The van der Waals surface area contributed by atoms with Gasteiger partial charge in [-0.1, -0.05) is 0 Å². The van der Waals surface area contributed by atoms with Crippen molar-refractivity contribution < 1.29 is 14.3 Å². The van der Waals surface area contributed by atoms with E-state index in [9.17, 15) is 4.79 Å². The van der Waals surface area contributed by atoms with Crippen LogP contribution in [0.4, 0.5) is 0 Å². The molecule has 0 spiro atoms. The predicted octanol–water partition coefficient (Wildman–Crippen LogP) is 2.06. The molecule has 15 heavy (non-hydrogen) atoms. The van der Waals surface area contributed by atoms with Crippen LogP contribution in [0.5, 0.6) is 5.75 Å². The molecule has 3 heteroatoms. The molecule has 0 unspecified atom stereocenters. The van der Waals surface area contributed by atoms with E-state index >= 15 is 0 Å². The lowest BCUT2D eigenvalue weighted by Gasteiger charge is -2.08. The Bertz CT molecular complexity index is 336. The van der Waals surface area contributed by atoms with E-state index in [1.807, 2.05) is 0 Å². The summed E-state index contributed by atoms with van der Waals surface area (Å²) in [5.41, 5.74) is 0.697. The van der Waals surface area contributed by atoms with E-state index in [0.29, 0.717) is 12.2 Å². The minimum Gasteiger partial charge on any atom is -0.497 e. The molecule has 3 nitrogen and oxygen atoms in total. The number of carbonyl (C=O) groups excluding carboxylic acids is 1. The Morgan fingerprint density at radius 3 is 2.67 bits per heavy atom. The molecule has 80 valence electrons. The maximum Gasteiger partial charge on any atom is 0.191 e. The molecule has 0 aromatic heterocycles. The van der Waals surface area contributed by atoms with Crippen molar-refractivity contribution in [1.29, 1.82) is 0 Å². The van der Waals surface area contributed by atoms with E-state index in [0.717, 1.165) is 18.6 Å². The van der Waals surface area contributed by atoms with Gasteiger partial charge in [-0.15, -0.1) is 0 Å². The van der Waals surface area contributed by atoms with E-state index in [4.69, 9.17) is 9.47 Å². The number of carbonyl (C=O) groups is 1. The second-order valence-electron chi connectivity index (χ2n) is 3.59. The Morgan fingerprint density at radius 1 is 1.40 bits per heavy atom. The van der Waals surface area contributed by atoms with Crippen LogP contribution in [0.3, 0.4) is 0 Å². The van der Waals surface area contributed by atoms with Gasteiger partial charge in [0.25, 0.3) is 0 Å². The summed E-state index contributed by atoms with van der Waals surface area (Å²) >= 11 is 0. The molecule has 0 bridgehead atoms. The number of rotatable bonds is 3. The Labute approximate surface area is 89.0 Å². The molecule has 2 rings (SSSR count). The van der Waals surface area contributed by atoms with Crippen LogP contribution in [0.1, 0.15) is 23.2 Å². The molecule has 1 aromatic carbocycles. The van der Waals surface area contributed by atoms with Crippen LogP contribution in [-0.2, 0) is 4.74 Å². The lowest BCUT2D eigenvalue weighted by Crippen LogP contribution is -2.19. The van der Waals surface area contributed by atoms with Crippen molar-refractivity contribution in [2.45, 2.75) is 18.9 Å². The zero-order valence-electron chi connectivity index (χ0n) is 8.73. The van der Waals surface area contributed by atoms with Gasteiger partial charge in [-0.3, -0.25) is 4.79 Å². The van der Waals surface area contributed by atoms with Gasteiger partial charge in [-0.25, -0.2) is 0 Å². The van der Waals surface area contributed by atoms with E-state index in [2.05, 4.69) is 0 Å². The van der Waals surface area contributed by atoms with Gasteiger partial charge >= 0.3 is 0 Å². The predicted molar refractivity (Wildman–Crippen MR) is 56.3 cm³/mol. The third kappa shape index (κ3) is 2.18. The summed E-state index contributed by atoms with van der Waals surface area (Å²) in [6.07, 6.45) is 1.58. The normalized spacial score (nSPS) is 20.2. The maximum atomic E-state index is 11.9. The monoisotopic (exact) mass is 206 g/mol. The van der Waals surface area contributed by atoms with Gasteiger partial charge in [0.2, 0.25) is 0 Å². The van der Waals surface area contributed by atoms with Crippen molar-refractivity contribution >= 4 is 5.78 Å². The molecule has 1 heterocycles. The minimum atomic E-state index is -0.238. The van der Waals surface area contributed by atoms with Crippen molar-refractivity contribution in [3.8, 4) is 5.75 Å². The van der Waals surface area contributed by atoms with Crippen LogP contribution in [0.15, 0.2) is 24.3 Å². The Balaban J connectivity index is 2.11. The summed E-state index contributed by atoms with van der Waals surface area (Å²) in [7, 11) is 1.61. The smallest absolute Gasteiger partial charge is 0.191 e. The van der Waals surface area contributed by atoms with Crippen molar-refractivity contribution in [3.05, 3.63) is 29.8 Å². The number of methoxy groups -OCH3 is 1. The highest BCUT2D eigenvalue weighted by Crippen LogP contribution is 2.19. The van der Waals surface area contributed by atoms with Crippen LogP contribution < -0.4 is 4.74 Å². The Hall–Kier alpha value is -1.35.